The smallest absolute Gasteiger partial charge is 0.368 e. The van der Waals surface area contributed by atoms with Gasteiger partial charge >= 0.3 is 18.4 Å². The molecule has 11 heteroatoms. The van der Waals surface area contributed by atoms with Crippen molar-refractivity contribution in [2.24, 2.45) is 0 Å². The predicted molar refractivity (Wildman–Crippen MR) is 77.2 cm³/mol. The van der Waals surface area contributed by atoms with Gasteiger partial charge in [0.15, 0.2) is 0 Å². The minimum absolute atomic E-state index is 0.0485. The van der Waals surface area contributed by atoms with E-state index < -0.39 is 36.3 Å². The van der Waals surface area contributed by atoms with Crippen LogP contribution in [-0.2, 0) is 21.0 Å². The molecule has 2 N–H and O–H groups in total. The fraction of sp³-hybridized carbons (Fsp3) is 0.429. The summed E-state index contributed by atoms with van der Waals surface area (Å²) in [5.74, 6) is -2.00. The highest BCUT2D eigenvalue weighted by Gasteiger charge is 2.48. The Morgan fingerprint density at radius 2 is 2.36 bits per heavy atom. The van der Waals surface area contributed by atoms with Crippen molar-refractivity contribution in [3.8, 4) is 0 Å². The Kier molecular flexibility index (Phi) is 4.40. The number of aliphatic carboxylic acids is 1. The van der Waals surface area contributed by atoms with E-state index in [1.54, 1.807) is 13.0 Å². The molecule has 3 rings (SSSR count). The van der Waals surface area contributed by atoms with E-state index >= 15 is 0 Å². The third kappa shape index (κ3) is 3.18. The number of aromatic nitrogens is 1. The molecule has 2 aliphatic rings. The van der Waals surface area contributed by atoms with E-state index in [4.69, 9.17) is 9.52 Å². The number of hydrogen-bond acceptors (Lipinski definition) is 6. The van der Waals surface area contributed by atoms with Crippen LogP contribution in [0.5, 0.6) is 0 Å². The van der Waals surface area contributed by atoms with Gasteiger partial charge < -0.3 is 19.7 Å². The Morgan fingerprint density at radius 1 is 1.60 bits per heavy atom. The number of nitrogens with zero attached hydrogens (tertiary/aromatic N) is 3. The fourth-order valence-electron chi connectivity index (χ4n) is 2.81. The number of amides is 3. The number of hydrogen-bond donors (Lipinski definition) is 2. The Hall–Kier alpha value is -2.95. The number of hydroxylamine groups is 2. The molecule has 10 nitrogen and oxygen atoms in total. The number of halogens is 1. The van der Waals surface area contributed by atoms with E-state index in [0.29, 0.717) is 16.5 Å². The van der Waals surface area contributed by atoms with Gasteiger partial charge in [-0.25, -0.2) is 23.8 Å². The van der Waals surface area contributed by atoms with Gasteiger partial charge in [-0.1, -0.05) is 6.08 Å². The second-order valence-electron chi connectivity index (χ2n) is 5.54. The van der Waals surface area contributed by atoms with Crippen LogP contribution in [0.25, 0.3) is 0 Å². The first-order valence-electron chi connectivity index (χ1n) is 7.36. The lowest BCUT2D eigenvalue weighted by atomic mass is 10.00. The molecule has 1 aromatic heterocycles. The van der Waals surface area contributed by atoms with Gasteiger partial charge in [0.1, 0.15) is 12.3 Å². The highest BCUT2D eigenvalue weighted by molar-refractivity contribution is 5.91. The number of oxazole rings is 1. The van der Waals surface area contributed by atoms with Crippen LogP contribution in [0.15, 0.2) is 28.5 Å². The molecule has 1 fully saturated rings. The maximum atomic E-state index is 13.3. The number of rotatable bonds is 6. The van der Waals surface area contributed by atoms with Crippen molar-refractivity contribution in [1.29, 1.82) is 0 Å². The molecule has 0 spiro atoms. The number of carboxylic acids is 1. The number of carbonyl (C=O) groups excluding carboxylic acids is 2. The van der Waals surface area contributed by atoms with Gasteiger partial charge in [-0.15, -0.1) is 0 Å². The largest absolute Gasteiger partial charge is 0.477 e. The Balaban J connectivity index is 1.70. The monoisotopic (exact) mass is 354 g/mol. The molecule has 2 bridgehead atoms. The molecule has 25 heavy (non-hydrogen) atoms. The number of fused-ring (bicyclic) bond motifs is 2. The summed E-state index contributed by atoms with van der Waals surface area (Å²) in [6.07, 6.45) is 1.71. The number of urea groups is 1. The normalized spacial score (nSPS) is 23.4. The van der Waals surface area contributed by atoms with Gasteiger partial charge in [0.05, 0.1) is 25.3 Å². The second-order valence-corrected chi connectivity index (χ2v) is 5.54. The van der Waals surface area contributed by atoms with Crippen LogP contribution in [0.1, 0.15) is 12.8 Å². The van der Waals surface area contributed by atoms with Gasteiger partial charge in [-0.2, -0.15) is 5.06 Å². The molecule has 1 saturated heterocycles. The topological polar surface area (TPSA) is 125 Å². The lowest BCUT2D eigenvalue weighted by Gasteiger charge is -2.28. The van der Waals surface area contributed by atoms with Crippen LogP contribution < -0.4 is 5.32 Å². The van der Waals surface area contributed by atoms with Gasteiger partial charge in [-0.3, -0.25) is 4.79 Å². The molecule has 134 valence electrons. The van der Waals surface area contributed by atoms with Crippen LogP contribution in [0, 0.1) is 0 Å². The first kappa shape index (κ1) is 16.9. The van der Waals surface area contributed by atoms with Gasteiger partial charge in [0, 0.05) is 0 Å². The maximum Gasteiger partial charge on any atom is 0.368 e. The first-order valence-corrected chi connectivity index (χ1v) is 7.36. The summed E-state index contributed by atoms with van der Waals surface area (Å²) in [5.41, 5.74) is 0.561. The summed E-state index contributed by atoms with van der Waals surface area (Å²) in [5, 5.41) is 11.8. The highest BCUT2D eigenvalue weighted by atomic mass is 19.1. The maximum absolute atomic E-state index is 13.3. The van der Waals surface area contributed by atoms with Crippen LogP contribution in [0.3, 0.4) is 0 Å². The average Bonchev–Trinajstić information content (AvgIpc) is 3.16. The third-order valence-corrected chi connectivity index (χ3v) is 3.86. The molecule has 2 aliphatic heterocycles. The summed E-state index contributed by atoms with van der Waals surface area (Å²) >= 11 is 0. The van der Waals surface area contributed by atoms with Crippen molar-refractivity contribution in [2.75, 3.05) is 6.54 Å². The van der Waals surface area contributed by atoms with E-state index in [0.717, 1.165) is 0 Å². The van der Waals surface area contributed by atoms with E-state index in [9.17, 15) is 18.8 Å². The van der Waals surface area contributed by atoms with Crippen molar-refractivity contribution in [1.82, 2.24) is 20.3 Å². The molecule has 0 aromatic carbocycles. The van der Waals surface area contributed by atoms with Crippen LogP contribution >= 0.6 is 0 Å². The SMILES string of the molecule is CC1=C[C@@H]2CN(C(=O)N2O[C@@H](F)C(=O)O)[C@@H]1C(=O)NCc1ncco1. The second kappa shape index (κ2) is 6.51. The van der Waals surface area contributed by atoms with E-state index in [1.807, 2.05) is 0 Å². The van der Waals surface area contributed by atoms with Crippen LogP contribution in [0.4, 0.5) is 9.18 Å². The van der Waals surface area contributed by atoms with E-state index in [-0.39, 0.29) is 13.1 Å². The van der Waals surface area contributed by atoms with Gasteiger partial charge in [0.2, 0.25) is 11.8 Å². The highest BCUT2D eigenvalue weighted by Crippen LogP contribution is 2.30. The zero-order chi connectivity index (χ0) is 18.1. The van der Waals surface area contributed by atoms with E-state index in [2.05, 4.69) is 15.1 Å². The molecule has 0 unspecified atom stereocenters. The molecule has 3 atom stereocenters. The zero-order valence-electron chi connectivity index (χ0n) is 13.1. The Labute approximate surface area is 140 Å². The van der Waals surface area contributed by atoms with Gasteiger partial charge in [0.25, 0.3) is 0 Å². The Bertz CT molecular complexity index is 721. The van der Waals surface area contributed by atoms with Crippen molar-refractivity contribution in [2.45, 2.75) is 31.9 Å². The zero-order valence-corrected chi connectivity index (χ0v) is 13.1. The number of nitrogens with one attached hydrogen (secondary N) is 1. The van der Waals surface area contributed by atoms with E-state index in [1.165, 1.54) is 17.4 Å². The quantitative estimate of drug-likeness (QED) is 0.691. The molecule has 3 heterocycles. The van der Waals surface area contributed by atoms with Gasteiger partial charge in [-0.05, 0) is 12.5 Å². The van der Waals surface area contributed by atoms with Crippen LogP contribution in [0.2, 0.25) is 0 Å². The van der Waals surface area contributed by atoms with Crippen molar-refractivity contribution < 1.29 is 33.1 Å². The molecule has 3 amide bonds. The molecule has 1 aromatic rings. The summed E-state index contributed by atoms with van der Waals surface area (Å²) < 4.78 is 18.3. The summed E-state index contributed by atoms with van der Waals surface area (Å²) in [6, 6.07) is -2.35. The van der Waals surface area contributed by atoms with Crippen molar-refractivity contribution >= 4 is 17.9 Å². The van der Waals surface area contributed by atoms with Crippen LogP contribution in [-0.4, -0.2) is 62.9 Å². The van der Waals surface area contributed by atoms with Crippen molar-refractivity contribution in [3.63, 3.8) is 0 Å². The standard InChI is InChI=1S/C14H15FN4O6/c1-7-4-8-6-18(14(23)19(8)25-11(15)13(21)22)10(7)12(20)17-5-9-16-2-3-24-9/h2-4,8,10-11H,5-6H2,1H3,(H,17,20)(H,21,22)/t8-,10+,11-/m1/s1. The summed E-state index contributed by atoms with van der Waals surface area (Å²) in [7, 11) is 0. The number of carboxylic acid groups (broad SMARTS) is 1. The lowest BCUT2D eigenvalue weighted by Crippen LogP contribution is -2.50. The first-order chi connectivity index (χ1) is 11.9. The van der Waals surface area contributed by atoms with Crippen molar-refractivity contribution in [3.05, 3.63) is 30.0 Å². The molecule has 0 saturated carbocycles. The average molecular weight is 354 g/mol. The molecule has 0 radical (unpaired) electrons. The number of alkyl halides is 1. The Morgan fingerprint density at radius 3 is 3.00 bits per heavy atom. The lowest BCUT2D eigenvalue weighted by molar-refractivity contribution is -0.219. The molecular weight excluding hydrogens is 339 g/mol. The number of carbonyl (C=O) groups is 3. The molecule has 0 aliphatic carbocycles. The fourth-order valence-corrected chi connectivity index (χ4v) is 2.81. The third-order valence-electron chi connectivity index (χ3n) is 3.86. The summed E-state index contributed by atoms with van der Waals surface area (Å²) in [6.45, 7) is 1.78. The minimum Gasteiger partial charge on any atom is -0.477 e. The molecular formula is C14H15FN4O6. The minimum atomic E-state index is -2.67. The predicted octanol–water partition coefficient (Wildman–Crippen LogP) is 0.0373. The summed E-state index contributed by atoms with van der Waals surface area (Å²) in [4.78, 5) is 45.0.